The summed E-state index contributed by atoms with van der Waals surface area (Å²) in [6.07, 6.45) is 45.2. The molecule has 0 heterocycles. The highest BCUT2D eigenvalue weighted by atomic mass is 14.1. The average Bonchev–Trinajstić information content (AvgIpc) is 2.87. The van der Waals surface area contributed by atoms with E-state index in [0.29, 0.717) is 0 Å². The molecule has 35 heavy (non-hydrogen) atoms. The predicted octanol–water partition coefficient (Wildman–Crippen LogP) is 13.6. The first-order valence-electron chi connectivity index (χ1n) is 17.1. The fourth-order valence-corrected chi connectivity index (χ4v) is 5.77. The highest BCUT2D eigenvalue weighted by Gasteiger charge is 2.08. The van der Waals surface area contributed by atoms with Gasteiger partial charge in [0.15, 0.2) is 0 Å². The Morgan fingerprint density at radius 1 is 0.314 bits per heavy atom. The van der Waals surface area contributed by atoms with Gasteiger partial charge in [-0.2, -0.15) is 0 Å². The molecule has 0 bridgehead atoms. The molecule has 0 nitrogen and oxygen atoms in total. The molecule has 1 unspecified atom stereocenters. The molecule has 0 N–H and O–H groups in total. The van der Waals surface area contributed by atoms with Crippen LogP contribution in [-0.2, 0) is 0 Å². The second kappa shape index (κ2) is 32.0. The number of rotatable bonds is 31. The number of hydrogen-bond donors (Lipinski definition) is 0. The standard InChI is InChI=1S/C35H71/c1-4-7-10-13-14-15-16-17-18-19-20-21-22-23-24-25-26-28-31-34-35(32-29-12-9-6-3)33-30-27-11-8-5-2/h35H,3-34H2,1-2H3. The minimum absolute atomic E-state index is 1.02. The van der Waals surface area contributed by atoms with Gasteiger partial charge in [0.05, 0.1) is 0 Å². The van der Waals surface area contributed by atoms with Crippen LogP contribution in [0.5, 0.6) is 0 Å². The van der Waals surface area contributed by atoms with E-state index in [2.05, 4.69) is 20.8 Å². The van der Waals surface area contributed by atoms with E-state index in [1.54, 1.807) is 0 Å². The number of hydrogen-bond acceptors (Lipinski definition) is 0. The van der Waals surface area contributed by atoms with Crippen LogP contribution in [-0.4, -0.2) is 0 Å². The van der Waals surface area contributed by atoms with Gasteiger partial charge in [-0.25, -0.2) is 0 Å². The van der Waals surface area contributed by atoms with Crippen molar-refractivity contribution in [3.63, 3.8) is 0 Å². The first-order valence-corrected chi connectivity index (χ1v) is 17.1. The summed E-state index contributed by atoms with van der Waals surface area (Å²) in [6.45, 7) is 8.64. The van der Waals surface area contributed by atoms with E-state index in [9.17, 15) is 0 Å². The summed E-state index contributed by atoms with van der Waals surface area (Å²) in [5, 5.41) is 0. The Hall–Kier alpha value is 0. The lowest BCUT2D eigenvalue weighted by molar-refractivity contribution is 0.367. The van der Waals surface area contributed by atoms with Crippen LogP contribution in [0.4, 0.5) is 0 Å². The molecule has 211 valence electrons. The largest absolute Gasteiger partial charge is 0.0654 e. The maximum Gasteiger partial charge on any atom is -0.0414 e. The van der Waals surface area contributed by atoms with Crippen LogP contribution < -0.4 is 0 Å². The van der Waals surface area contributed by atoms with Crippen molar-refractivity contribution in [3.05, 3.63) is 6.92 Å². The second-order valence-corrected chi connectivity index (χ2v) is 11.9. The smallest absolute Gasteiger partial charge is 0.0414 e. The number of unbranched alkanes of at least 4 members (excludes halogenated alkanes) is 25. The topological polar surface area (TPSA) is 0 Å². The first kappa shape index (κ1) is 35.0. The third kappa shape index (κ3) is 30.1. The third-order valence-electron chi connectivity index (χ3n) is 8.29. The van der Waals surface area contributed by atoms with Gasteiger partial charge in [0.2, 0.25) is 0 Å². The van der Waals surface area contributed by atoms with E-state index in [0.717, 1.165) is 12.3 Å². The maximum atomic E-state index is 4.01. The predicted molar refractivity (Wildman–Crippen MR) is 163 cm³/mol. The fraction of sp³-hybridized carbons (Fsp3) is 0.971. The van der Waals surface area contributed by atoms with E-state index >= 15 is 0 Å². The molecule has 0 fully saturated rings. The van der Waals surface area contributed by atoms with Crippen molar-refractivity contribution in [2.45, 2.75) is 213 Å². The molecule has 1 radical (unpaired) electrons. The molecule has 0 aliphatic rings. The van der Waals surface area contributed by atoms with Crippen LogP contribution in [0, 0.1) is 12.8 Å². The monoisotopic (exact) mass is 492 g/mol. The molecular weight excluding hydrogens is 420 g/mol. The quantitative estimate of drug-likeness (QED) is 0.0845. The Kier molecular flexibility index (Phi) is 32.0. The SMILES string of the molecule is [CH2]CCCCCC(CCCCCCC)CCCCCCCCCCCCCCCCCCCCC. The van der Waals surface area contributed by atoms with Gasteiger partial charge in [-0.15, -0.1) is 0 Å². The highest BCUT2D eigenvalue weighted by Crippen LogP contribution is 2.24. The minimum atomic E-state index is 1.02. The van der Waals surface area contributed by atoms with E-state index in [4.69, 9.17) is 0 Å². The molecule has 0 aliphatic heterocycles. The Morgan fingerprint density at radius 2 is 0.543 bits per heavy atom. The van der Waals surface area contributed by atoms with Gasteiger partial charge in [-0.05, 0) is 5.92 Å². The van der Waals surface area contributed by atoms with Crippen LogP contribution in [0.2, 0.25) is 0 Å². The summed E-state index contributed by atoms with van der Waals surface area (Å²) in [7, 11) is 0. The van der Waals surface area contributed by atoms with Crippen LogP contribution in [0.15, 0.2) is 0 Å². The van der Waals surface area contributed by atoms with Crippen molar-refractivity contribution in [2.24, 2.45) is 5.92 Å². The van der Waals surface area contributed by atoms with Gasteiger partial charge >= 0.3 is 0 Å². The van der Waals surface area contributed by atoms with E-state index in [1.165, 1.54) is 193 Å². The Labute approximate surface area is 225 Å². The zero-order valence-corrected chi connectivity index (χ0v) is 25.2. The average molecular weight is 492 g/mol. The van der Waals surface area contributed by atoms with Gasteiger partial charge < -0.3 is 0 Å². The van der Waals surface area contributed by atoms with Crippen molar-refractivity contribution in [2.75, 3.05) is 0 Å². The van der Waals surface area contributed by atoms with Crippen molar-refractivity contribution in [1.29, 1.82) is 0 Å². The molecule has 0 rings (SSSR count). The van der Waals surface area contributed by atoms with Crippen molar-refractivity contribution >= 4 is 0 Å². The zero-order valence-electron chi connectivity index (χ0n) is 25.2. The first-order chi connectivity index (χ1) is 17.3. The molecule has 0 aromatic heterocycles. The lowest BCUT2D eigenvalue weighted by Gasteiger charge is -2.17. The van der Waals surface area contributed by atoms with Gasteiger partial charge in [0.25, 0.3) is 0 Å². The summed E-state index contributed by atoms with van der Waals surface area (Å²) < 4.78 is 0. The van der Waals surface area contributed by atoms with Gasteiger partial charge in [0, 0.05) is 0 Å². The molecule has 0 aromatic rings. The van der Waals surface area contributed by atoms with Gasteiger partial charge in [0.1, 0.15) is 0 Å². The van der Waals surface area contributed by atoms with Gasteiger partial charge in [-0.3, -0.25) is 0 Å². The molecule has 0 saturated heterocycles. The van der Waals surface area contributed by atoms with Crippen LogP contribution in [0.25, 0.3) is 0 Å². The van der Waals surface area contributed by atoms with Crippen LogP contribution in [0.1, 0.15) is 213 Å². The van der Waals surface area contributed by atoms with Crippen molar-refractivity contribution in [1.82, 2.24) is 0 Å². The molecule has 1 atom stereocenters. The molecule has 0 amide bonds. The minimum Gasteiger partial charge on any atom is -0.0654 e. The third-order valence-corrected chi connectivity index (χ3v) is 8.29. The van der Waals surface area contributed by atoms with E-state index < -0.39 is 0 Å². The van der Waals surface area contributed by atoms with E-state index in [1.807, 2.05) is 0 Å². The van der Waals surface area contributed by atoms with Crippen LogP contribution in [0.3, 0.4) is 0 Å². The van der Waals surface area contributed by atoms with Crippen molar-refractivity contribution in [3.8, 4) is 0 Å². The van der Waals surface area contributed by atoms with Crippen LogP contribution >= 0.6 is 0 Å². The molecule has 0 heteroatoms. The normalized spacial score (nSPS) is 12.4. The zero-order chi connectivity index (χ0) is 25.5. The summed E-state index contributed by atoms with van der Waals surface area (Å²) in [5.41, 5.74) is 0. The Morgan fingerprint density at radius 3 is 0.800 bits per heavy atom. The summed E-state index contributed by atoms with van der Waals surface area (Å²) >= 11 is 0. The van der Waals surface area contributed by atoms with Crippen molar-refractivity contribution < 1.29 is 0 Å². The molecule has 0 aromatic carbocycles. The summed E-state index contributed by atoms with van der Waals surface area (Å²) in [5.74, 6) is 1.02. The lowest BCUT2D eigenvalue weighted by atomic mass is 9.89. The van der Waals surface area contributed by atoms with Gasteiger partial charge in [-0.1, -0.05) is 220 Å². The Bertz CT molecular complexity index is 346. The molecular formula is C35H71. The molecule has 0 spiro atoms. The lowest BCUT2D eigenvalue weighted by Crippen LogP contribution is -2.01. The van der Waals surface area contributed by atoms with E-state index in [-0.39, 0.29) is 0 Å². The second-order valence-electron chi connectivity index (χ2n) is 11.9. The Balaban J connectivity index is 3.44. The summed E-state index contributed by atoms with van der Waals surface area (Å²) in [4.78, 5) is 0. The summed E-state index contributed by atoms with van der Waals surface area (Å²) in [6, 6.07) is 0. The fourth-order valence-electron chi connectivity index (χ4n) is 5.77. The molecule has 0 saturated carbocycles. The maximum absolute atomic E-state index is 4.01. The molecule has 0 aliphatic carbocycles. The highest BCUT2D eigenvalue weighted by molar-refractivity contribution is 4.62.